The van der Waals surface area contributed by atoms with Gasteiger partial charge in [0, 0.05) is 25.4 Å². The molecule has 0 aromatic heterocycles. The van der Waals surface area contributed by atoms with Gasteiger partial charge in [-0.25, -0.2) is 0 Å². The van der Waals surface area contributed by atoms with Crippen molar-refractivity contribution in [1.29, 1.82) is 0 Å². The molecule has 18 heavy (non-hydrogen) atoms. The first-order chi connectivity index (χ1) is 8.31. The maximum Gasteiger partial charge on any atom is 0.503 e. The molecule has 0 spiro atoms. The summed E-state index contributed by atoms with van der Waals surface area (Å²) in [5.41, 5.74) is 0.704. The zero-order chi connectivity index (χ0) is 14.2. The molecular weight excluding hydrogens is 244 g/mol. The van der Waals surface area contributed by atoms with Crippen molar-refractivity contribution in [3.05, 3.63) is 0 Å². The Hall–Kier alpha value is 0.0969. The summed E-state index contributed by atoms with van der Waals surface area (Å²) < 4.78 is 17.8. The maximum absolute atomic E-state index is 5.93. The molecule has 0 N–H and O–H groups in total. The van der Waals surface area contributed by atoms with E-state index in [0.29, 0.717) is 30.8 Å². The molecule has 0 aromatic carbocycles. The molecular formula is C14H32O3Si. The average Bonchev–Trinajstić information content (AvgIpc) is 2.25. The molecule has 0 fully saturated rings. The zero-order valence-electron chi connectivity index (χ0n) is 13.3. The molecule has 3 nitrogen and oxygen atoms in total. The van der Waals surface area contributed by atoms with E-state index in [0.717, 1.165) is 12.8 Å². The molecule has 0 saturated carbocycles. The monoisotopic (exact) mass is 276 g/mol. The molecule has 0 radical (unpaired) electrons. The van der Waals surface area contributed by atoms with Crippen molar-refractivity contribution >= 4 is 8.80 Å². The van der Waals surface area contributed by atoms with Gasteiger partial charge in [0.05, 0.1) is 0 Å². The number of hydrogen-bond donors (Lipinski definition) is 0. The lowest BCUT2D eigenvalue weighted by molar-refractivity contribution is 0.0603. The lowest BCUT2D eigenvalue weighted by atomic mass is 9.90. The van der Waals surface area contributed by atoms with Crippen LogP contribution in [0, 0.1) is 5.41 Å². The molecule has 0 amide bonds. The largest absolute Gasteiger partial charge is 0.503 e. The van der Waals surface area contributed by atoms with Crippen molar-refractivity contribution in [3.63, 3.8) is 0 Å². The second kappa shape index (κ2) is 8.30. The van der Waals surface area contributed by atoms with E-state index in [4.69, 9.17) is 13.3 Å². The molecule has 0 aliphatic heterocycles. The van der Waals surface area contributed by atoms with Crippen LogP contribution in [0.5, 0.6) is 0 Å². The molecule has 4 heteroatoms. The lowest BCUT2D eigenvalue weighted by Gasteiger charge is -2.34. The predicted molar refractivity (Wildman–Crippen MR) is 78.7 cm³/mol. The van der Waals surface area contributed by atoms with E-state index in [2.05, 4.69) is 27.7 Å². The minimum absolute atomic E-state index is 0.346. The van der Waals surface area contributed by atoms with Gasteiger partial charge < -0.3 is 13.3 Å². The Morgan fingerprint density at radius 1 is 0.889 bits per heavy atom. The minimum Gasteiger partial charge on any atom is -0.374 e. The van der Waals surface area contributed by atoms with Gasteiger partial charge in [-0.2, -0.15) is 0 Å². The molecule has 0 aliphatic rings. The van der Waals surface area contributed by atoms with Crippen LogP contribution in [0.3, 0.4) is 0 Å². The van der Waals surface area contributed by atoms with Crippen LogP contribution in [0.2, 0.25) is 5.54 Å². The summed E-state index contributed by atoms with van der Waals surface area (Å²) >= 11 is 0. The summed E-state index contributed by atoms with van der Waals surface area (Å²) in [7, 11) is -2.50. The van der Waals surface area contributed by atoms with E-state index in [1.165, 1.54) is 0 Å². The highest BCUT2D eigenvalue weighted by atomic mass is 28.4. The summed E-state index contributed by atoms with van der Waals surface area (Å²) in [5, 5.41) is 0. The van der Waals surface area contributed by atoms with Crippen LogP contribution in [0.1, 0.15) is 61.3 Å². The van der Waals surface area contributed by atoms with Gasteiger partial charge in [-0.15, -0.1) is 0 Å². The summed E-state index contributed by atoms with van der Waals surface area (Å²) in [6.07, 6.45) is 2.26. The molecule has 1 atom stereocenters. The van der Waals surface area contributed by atoms with Crippen LogP contribution in [-0.4, -0.2) is 28.6 Å². The fourth-order valence-electron chi connectivity index (χ4n) is 1.98. The van der Waals surface area contributed by atoms with Crippen LogP contribution in [0.25, 0.3) is 0 Å². The van der Waals surface area contributed by atoms with Gasteiger partial charge in [0.2, 0.25) is 0 Å². The molecule has 0 saturated heterocycles. The topological polar surface area (TPSA) is 27.7 Å². The second-order valence-electron chi connectivity index (χ2n) is 5.90. The van der Waals surface area contributed by atoms with Crippen molar-refractivity contribution in [2.75, 3.05) is 19.8 Å². The van der Waals surface area contributed by atoms with Crippen LogP contribution in [0.15, 0.2) is 0 Å². The summed E-state index contributed by atoms with van der Waals surface area (Å²) in [4.78, 5) is 0. The fourth-order valence-corrected chi connectivity index (χ4v) is 4.79. The first kappa shape index (κ1) is 18.1. The van der Waals surface area contributed by atoms with E-state index in [-0.39, 0.29) is 0 Å². The normalized spacial score (nSPS) is 14.8. The van der Waals surface area contributed by atoms with Crippen molar-refractivity contribution in [3.8, 4) is 0 Å². The molecule has 0 aromatic rings. The quantitative estimate of drug-likeness (QED) is 0.589. The van der Waals surface area contributed by atoms with E-state index in [1.807, 2.05) is 20.8 Å². The third-order valence-electron chi connectivity index (χ3n) is 2.97. The Morgan fingerprint density at radius 2 is 1.28 bits per heavy atom. The van der Waals surface area contributed by atoms with Gasteiger partial charge in [0.15, 0.2) is 0 Å². The number of rotatable bonds is 9. The Balaban J connectivity index is 4.69. The van der Waals surface area contributed by atoms with E-state index in [1.54, 1.807) is 0 Å². The number of hydrogen-bond acceptors (Lipinski definition) is 3. The van der Waals surface area contributed by atoms with Crippen LogP contribution < -0.4 is 0 Å². The van der Waals surface area contributed by atoms with Gasteiger partial charge in [0.1, 0.15) is 0 Å². The SMILES string of the molecule is CCO[Si](OCC)(OCC)C(C)CCC(C)(C)C. The van der Waals surface area contributed by atoms with Gasteiger partial charge in [-0.1, -0.05) is 27.7 Å². The maximum atomic E-state index is 5.93. The Bertz CT molecular complexity index is 197. The molecule has 1 unspecified atom stereocenters. The average molecular weight is 276 g/mol. The van der Waals surface area contributed by atoms with E-state index in [9.17, 15) is 0 Å². The highest BCUT2D eigenvalue weighted by Gasteiger charge is 2.46. The third kappa shape index (κ3) is 6.32. The molecule has 0 rings (SSSR count). The fraction of sp³-hybridized carbons (Fsp3) is 1.00. The summed E-state index contributed by atoms with van der Waals surface area (Å²) in [6.45, 7) is 17.0. The smallest absolute Gasteiger partial charge is 0.374 e. The lowest BCUT2D eigenvalue weighted by Crippen LogP contribution is -2.49. The Labute approximate surface area is 115 Å². The van der Waals surface area contributed by atoms with Crippen molar-refractivity contribution in [2.24, 2.45) is 5.41 Å². The summed E-state index contributed by atoms with van der Waals surface area (Å²) in [6, 6.07) is 0. The molecule has 0 bridgehead atoms. The third-order valence-corrected chi connectivity index (χ3v) is 6.54. The van der Waals surface area contributed by atoms with Crippen molar-refractivity contribution in [1.82, 2.24) is 0 Å². The highest BCUT2D eigenvalue weighted by Crippen LogP contribution is 2.34. The van der Waals surface area contributed by atoms with Gasteiger partial charge in [0.25, 0.3) is 0 Å². The highest BCUT2D eigenvalue weighted by molar-refractivity contribution is 6.62. The predicted octanol–water partition coefficient (Wildman–Crippen LogP) is 4.25. The standard InChI is InChI=1S/C14H32O3Si/c1-8-15-18(16-9-2,17-10-3)13(4)11-12-14(5,6)7/h13H,8-12H2,1-7H3. The first-order valence-corrected chi connectivity index (χ1v) is 9.03. The van der Waals surface area contributed by atoms with Crippen LogP contribution in [-0.2, 0) is 13.3 Å². The van der Waals surface area contributed by atoms with Crippen molar-refractivity contribution < 1.29 is 13.3 Å². The van der Waals surface area contributed by atoms with Crippen molar-refractivity contribution in [2.45, 2.75) is 66.8 Å². The zero-order valence-corrected chi connectivity index (χ0v) is 14.3. The van der Waals surface area contributed by atoms with Gasteiger partial charge in [-0.3, -0.25) is 0 Å². The van der Waals surface area contributed by atoms with Gasteiger partial charge >= 0.3 is 8.80 Å². The molecule has 0 aliphatic carbocycles. The Morgan fingerprint density at radius 3 is 1.56 bits per heavy atom. The van der Waals surface area contributed by atoms with E-state index >= 15 is 0 Å². The van der Waals surface area contributed by atoms with Crippen LogP contribution >= 0.6 is 0 Å². The molecule has 0 heterocycles. The Kier molecular flexibility index (Phi) is 8.35. The van der Waals surface area contributed by atoms with E-state index < -0.39 is 8.80 Å². The van der Waals surface area contributed by atoms with Crippen LogP contribution in [0.4, 0.5) is 0 Å². The van der Waals surface area contributed by atoms with Gasteiger partial charge in [-0.05, 0) is 39.0 Å². The summed E-state index contributed by atoms with van der Waals surface area (Å²) in [5.74, 6) is 0. The minimum atomic E-state index is -2.50. The first-order valence-electron chi connectivity index (χ1n) is 7.23. The second-order valence-corrected chi connectivity index (χ2v) is 8.96. The molecule has 110 valence electrons.